The number of furan rings is 1. The van der Waals surface area contributed by atoms with Gasteiger partial charge in [-0.05, 0) is 18.2 Å². The van der Waals surface area contributed by atoms with Gasteiger partial charge in [-0.15, -0.1) is 0 Å². The second-order valence-electron chi connectivity index (χ2n) is 3.60. The van der Waals surface area contributed by atoms with Crippen LogP contribution in [0, 0.1) is 0 Å². The van der Waals surface area contributed by atoms with Crippen LogP contribution in [0.3, 0.4) is 0 Å². The molecule has 0 saturated heterocycles. The summed E-state index contributed by atoms with van der Waals surface area (Å²) in [6.45, 7) is 0.697. The predicted octanol–water partition coefficient (Wildman–Crippen LogP) is 0.402. The van der Waals surface area contributed by atoms with Crippen LogP contribution in [-0.2, 0) is 20.1 Å². The molecule has 3 N–H and O–H groups in total. The van der Waals surface area contributed by atoms with Gasteiger partial charge in [0.05, 0.1) is 18.8 Å². The number of nitrogens with two attached hydrogens (primary N) is 1. The third kappa shape index (κ3) is 2.54. The van der Waals surface area contributed by atoms with Gasteiger partial charge in [0.2, 0.25) is 0 Å². The summed E-state index contributed by atoms with van der Waals surface area (Å²) in [5.41, 5.74) is 6.32. The minimum atomic E-state index is -0.258. The quantitative estimate of drug-likeness (QED) is 0.801. The molecule has 2 aromatic heterocycles. The molecule has 90 valence electrons. The second-order valence-corrected chi connectivity index (χ2v) is 3.60. The third-order valence-corrected chi connectivity index (χ3v) is 2.44. The Morgan fingerprint density at radius 3 is 2.94 bits per heavy atom. The molecule has 0 spiro atoms. The van der Waals surface area contributed by atoms with Crippen molar-refractivity contribution in [3.8, 4) is 0 Å². The fraction of sp³-hybridized carbons (Fsp3) is 0.273. The number of aromatic nitrogens is 2. The molecular weight excluding hydrogens is 220 g/mol. The van der Waals surface area contributed by atoms with Crippen LogP contribution in [0.15, 0.2) is 28.8 Å². The molecule has 0 saturated carbocycles. The lowest BCUT2D eigenvalue weighted by molar-refractivity contribution is 0.0920. The van der Waals surface area contributed by atoms with Crippen molar-refractivity contribution in [2.24, 2.45) is 12.8 Å². The van der Waals surface area contributed by atoms with E-state index in [2.05, 4.69) is 10.4 Å². The first-order chi connectivity index (χ1) is 8.20. The molecule has 0 bridgehead atoms. The zero-order valence-corrected chi connectivity index (χ0v) is 9.51. The molecule has 2 rings (SSSR count). The summed E-state index contributed by atoms with van der Waals surface area (Å²) in [6.07, 6.45) is 1.68. The number of hydrogen-bond donors (Lipinski definition) is 2. The summed E-state index contributed by atoms with van der Waals surface area (Å²) in [6, 6.07) is 5.15. The Kier molecular flexibility index (Phi) is 3.24. The van der Waals surface area contributed by atoms with Crippen molar-refractivity contribution in [1.82, 2.24) is 15.1 Å². The van der Waals surface area contributed by atoms with Gasteiger partial charge in [-0.25, -0.2) is 0 Å². The van der Waals surface area contributed by atoms with Crippen molar-refractivity contribution in [2.45, 2.75) is 13.1 Å². The van der Waals surface area contributed by atoms with E-state index in [9.17, 15) is 4.79 Å². The van der Waals surface area contributed by atoms with Gasteiger partial charge in [-0.1, -0.05) is 0 Å². The van der Waals surface area contributed by atoms with Gasteiger partial charge in [0.15, 0.2) is 5.76 Å². The number of carbonyl (C=O) groups is 1. The maximum absolute atomic E-state index is 11.7. The van der Waals surface area contributed by atoms with Crippen LogP contribution in [0.5, 0.6) is 0 Å². The first kappa shape index (κ1) is 11.4. The van der Waals surface area contributed by atoms with Crippen LogP contribution in [0.2, 0.25) is 0 Å². The van der Waals surface area contributed by atoms with E-state index in [1.54, 1.807) is 23.0 Å². The summed E-state index contributed by atoms with van der Waals surface area (Å²) in [5, 5.41) is 6.76. The Bertz CT molecular complexity index is 515. The molecule has 0 radical (unpaired) electrons. The van der Waals surface area contributed by atoms with Crippen molar-refractivity contribution < 1.29 is 9.21 Å². The van der Waals surface area contributed by atoms with Gasteiger partial charge in [-0.3, -0.25) is 9.48 Å². The highest BCUT2D eigenvalue weighted by Crippen LogP contribution is 2.07. The minimum absolute atomic E-state index is 0.258. The van der Waals surface area contributed by atoms with Gasteiger partial charge >= 0.3 is 0 Å². The molecule has 2 aromatic rings. The molecule has 0 aliphatic heterocycles. The molecule has 0 unspecified atom stereocenters. The SMILES string of the molecule is Cn1nccc1CNC(=O)c1ccc(CN)o1. The zero-order valence-electron chi connectivity index (χ0n) is 9.51. The molecule has 1 amide bonds. The molecule has 0 fully saturated rings. The predicted molar refractivity (Wildman–Crippen MR) is 61.0 cm³/mol. The van der Waals surface area contributed by atoms with E-state index in [1.165, 1.54) is 0 Å². The lowest BCUT2D eigenvalue weighted by Gasteiger charge is -2.03. The Morgan fingerprint density at radius 2 is 2.35 bits per heavy atom. The second kappa shape index (κ2) is 4.84. The molecule has 0 aliphatic carbocycles. The van der Waals surface area contributed by atoms with E-state index in [4.69, 9.17) is 10.2 Å². The highest BCUT2D eigenvalue weighted by atomic mass is 16.4. The van der Waals surface area contributed by atoms with Crippen LogP contribution in [0.25, 0.3) is 0 Å². The third-order valence-electron chi connectivity index (χ3n) is 2.44. The summed E-state index contributed by atoms with van der Waals surface area (Å²) in [5.74, 6) is 0.606. The number of aryl methyl sites for hydroxylation is 1. The standard InChI is InChI=1S/C11H14N4O2/c1-15-8(4-5-14-15)7-13-11(16)10-3-2-9(6-12)17-10/h2-5H,6-7,12H2,1H3,(H,13,16). The topological polar surface area (TPSA) is 86.1 Å². The lowest BCUT2D eigenvalue weighted by atomic mass is 10.3. The fourth-order valence-corrected chi connectivity index (χ4v) is 1.44. The van der Waals surface area contributed by atoms with Crippen LogP contribution >= 0.6 is 0 Å². The Labute approximate surface area is 98.4 Å². The summed E-state index contributed by atoms with van der Waals surface area (Å²) < 4.78 is 6.94. The number of nitrogens with one attached hydrogen (secondary N) is 1. The normalized spacial score (nSPS) is 10.5. The summed E-state index contributed by atoms with van der Waals surface area (Å²) in [4.78, 5) is 11.7. The van der Waals surface area contributed by atoms with Crippen molar-refractivity contribution in [1.29, 1.82) is 0 Å². The maximum Gasteiger partial charge on any atom is 0.287 e. The molecular formula is C11H14N4O2. The van der Waals surface area contributed by atoms with E-state index in [0.717, 1.165) is 5.69 Å². The molecule has 0 aliphatic rings. The van der Waals surface area contributed by atoms with Crippen molar-refractivity contribution in [3.63, 3.8) is 0 Å². The van der Waals surface area contributed by atoms with E-state index >= 15 is 0 Å². The van der Waals surface area contributed by atoms with Crippen LogP contribution < -0.4 is 11.1 Å². The largest absolute Gasteiger partial charge is 0.455 e. The number of hydrogen-bond acceptors (Lipinski definition) is 4. The Hall–Kier alpha value is -2.08. The highest BCUT2D eigenvalue weighted by Gasteiger charge is 2.10. The van der Waals surface area contributed by atoms with E-state index in [0.29, 0.717) is 12.3 Å². The minimum Gasteiger partial charge on any atom is -0.455 e. The van der Waals surface area contributed by atoms with Gasteiger partial charge in [0.25, 0.3) is 5.91 Å². The van der Waals surface area contributed by atoms with Gasteiger partial charge in [0, 0.05) is 13.2 Å². The van der Waals surface area contributed by atoms with Crippen LogP contribution in [0.4, 0.5) is 0 Å². The summed E-state index contributed by atoms with van der Waals surface area (Å²) >= 11 is 0. The number of rotatable bonds is 4. The molecule has 17 heavy (non-hydrogen) atoms. The molecule has 0 atom stereocenters. The molecule has 6 heteroatoms. The van der Waals surface area contributed by atoms with E-state index in [1.807, 2.05) is 13.1 Å². The Morgan fingerprint density at radius 1 is 1.53 bits per heavy atom. The van der Waals surface area contributed by atoms with Gasteiger partial charge in [0.1, 0.15) is 5.76 Å². The first-order valence-corrected chi connectivity index (χ1v) is 5.24. The average Bonchev–Trinajstić information content (AvgIpc) is 2.94. The molecule has 0 aromatic carbocycles. The van der Waals surface area contributed by atoms with Crippen LogP contribution in [-0.4, -0.2) is 15.7 Å². The van der Waals surface area contributed by atoms with Crippen LogP contribution in [0.1, 0.15) is 22.0 Å². The highest BCUT2D eigenvalue weighted by molar-refractivity contribution is 5.91. The summed E-state index contributed by atoms with van der Waals surface area (Å²) in [7, 11) is 1.82. The van der Waals surface area contributed by atoms with Gasteiger partial charge in [-0.2, -0.15) is 5.10 Å². The molecule has 2 heterocycles. The average molecular weight is 234 g/mol. The van der Waals surface area contributed by atoms with E-state index < -0.39 is 0 Å². The zero-order chi connectivity index (χ0) is 12.3. The number of amides is 1. The van der Waals surface area contributed by atoms with Gasteiger partial charge < -0.3 is 15.5 Å². The monoisotopic (exact) mass is 234 g/mol. The van der Waals surface area contributed by atoms with Crippen molar-refractivity contribution >= 4 is 5.91 Å². The number of carbonyl (C=O) groups excluding carboxylic acids is 1. The smallest absolute Gasteiger partial charge is 0.287 e. The Balaban J connectivity index is 1.95. The van der Waals surface area contributed by atoms with Crippen molar-refractivity contribution in [2.75, 3.05) is 0 Å². The first-order valence-electron chi connectivity index (χ1n) is 5.24. The maximum atomic E-state index is 11.7. The van der Waals surface area contributed by atoms with Crippen molar-refractivity contribution in [3.05, 3.63) is 41.6 Å². The fourth-order valence-electron chi connectivity index (χ4n) is 1.44. The number of nitrogens with zero attached hydrogens (tertiary/aromatic N) is 2. The molecule has 6 nitrogen and oxygen atoms in total. The lowest BCUT2D eigenvalue weighted by Crippen LogP contribution is -2.23. The van der Waals surface area contributed by atoms with E-state index in [-0.39, 0.29) is 18.2 Å².